The summed E-state index contributed by atoms with van der Waals surface area (Å²) in [6.07, 6.45) is 0. The fourth-order valence-corrected chi connectivity index (χ4v) is 6.69. The third kappa shape index (κ3) is 2.96. The largest absolute Gasteiger partial charge is 0.378 e. The number of benzene rings is 2. The van der Waals surface area contributed by atoms with Gasteiger partial charge >= 0.3 is 0 Å². The van der Waals surface area contributed by atoms with Gasteiger partial charge in [0.25, 0.3) is 0 Å². The van der Waals surface area contributed by atoms with E-state index in [9.17, 15) is 4.79 Å². The lowest BCUT2D eigenvalue weighted by atomic mass is 10.00. The molecule has 3 rings (SSSR count). The first-order chi connectivity index (χ1) is 12.1. The van der Waals surface area contributed by atoms with Crippen LogP contribution in [0.1, 0.15) is 18.1 Å². The highest BCUT2D eigenvalue weighted by Gasteiger charge is 2.38. The number of hydrogen-bond acceptors (Lipinski definition) is 3. The van der Waals surface area contributed by atoms with E-state index in [-0.39, 0.29) is 5.91 Å². The topological polar surface area (TPSA) is 35.9 Å². The molecule has 5 heteroatoms. The first-order valence-corrected chi connectivity index (χ1v) is 11.9. The van der Waals surface area contributed by atoms with E-state index in [1.807, 2.05) is 0 Å². The van der Waals surface area contributed by atoms with Gasteiger partial charge in [0.15, 0.2) is 0 Å². The summed E-state index contributed by atoms with van der Waals surface area (Å²) in [6.45, 7) is 6.29. The second-order valence-electron chi connectivity index (χ2n) is 7.85. The lowest BCUT2D eigenvalue weighted by molar-refractivity contribution is -0.115. The highest BCUT2D eigenvalue weighted by Crippen LogP contribution is 2.26. The van der Waals surface area contributed by atoms with E-state index < -0.39 is 8.07 Å². The van der Waals surface area contributed by atoms with Crippen LogP contribution < -0.4 is 20.2 Å². The van der Waals surface area contributed by atoms with E-state index in [0.29, 0.717) is 0 Å². The molecule has 0 unspecified atom stereocenters. The molecule has 4 nitrogen and oxygen atoms in total. The van der Waals surface area contributed by atoms with Crippen molar-refractivity contribution < 1.29 is 4.79 Å². The highest BCUT2D eigenvalue weighted by molar-refractivity contribution is 7.02. The van der Waals surface area contributed by atoms with Gasteiger partial charge in [-0.05, 0) is 34.6 Å². The molecule has 0 atom stereocenters. The Labute approximate surface area is 157 Å². The number of fused-ring (bicyclic) bond motifs is 2. The van der Waals surface area contributed by atoms with Crippen LogP contribution in [0.3, 0.4) is 0 Å². The van der Waals surface area contributed by atoms with Gasteiger partial charge in [0, 0.05) is 57.6 Å². The van der Waals surface area contributed by atoms with Crippen molar-refractivity contribution in [2.45, 2.75) is 20.0 Å². The molecule has 2 aromatic rings. The Hall–Kier alpha value is -2.40. The van der Waals surface area contributed by atoms with Crippen LogP contribution >= 0.6 is 0 Å². The van der Waals surface area contributed by atoms with Crippen molar-refractivity contribution in [3.63, 3.8) is 0 Å². The van der Waals surface area contributed by atoms with Gasteiger partial charge in [0.05, 0.1) is 5.71 Å². The monoisotopic (exact) mass is 365 g/mol. The molecular formula is C21H27N3OSi. The van der Waals surface area contributed by atoms with Crippen LogP contribution in [0.5, 0.6) is 0 Å². The highest BCUT2D eigenvalue weighted by atomic mass is 28.3. The molecule has 0 radical (unpaired) electrons. The van der Waals surface area contributed by atoms with Crippen LogP contribution in [0.25, 0.3) is 0 Å². The summed E-state index contributed by atoms with van der Waals surface area (Å²) in [6, 6.07) is 13.0. The summed E-state index contributed by atoms with van der Waals surface area (Å²) in [5.41, 5.74) is 5.38. The van der Waals surface area contributed by atoms with Crippen molar-refractivity contribution in [3.05, 3.63) is 47.5 Å². The number of carbonyl (C=O) groups excluding carboxylic acids is 1. The van der Waals surface area contributed by atoms with Gasteiger partial charge in [-0.2, -0.15) is 0 Å². The SMILES string of the molecule is CC(=O)N=C1c2ccc(N(C)C)cc2[Si](C)(C)c2cc(N(C)C)ccc21. The van der Waals surface area contributed by atoms with Crippen molar-refractivity contribution in [1.29, 1.82) is 0 Å². The van der Waals surface area contributed by atoms with Crippen molar-refractivity contribution in [2.24, 2.45) is 4.99 Å². The Morgan fingerprint density at radius 2 is 1.27 bits per heavy atom. The first-order valence-electron chi connectivity index (χ1n) is 8.86. The minimum absolute atomic E-state index is 0.161. The average molecular weight is 366 g/mol. The second kappa shape index (κ2) is 6.40. The summed E-state index contributed by atoms with van der Waals surface area (Å²) in [7, 11) is 6.30. The number of rotatable bonds is 2. The van der Waals surface area contributed by atoms with Gasteiger partial charge in [-0.25, -0.2) is 4.99 Å². The zero-order valence-corrected chi connectivity index (χ0v) is 17.7. The molecule has 0 spiro atoms. The second-order valence-corrected chi connectivity index (χ2v) is 12.2. The Morgan fingerprint density at radius 3 is 1.62 bits per heavy atom. The normalized spacial score (nSPS) is 14.3. The van der Waals surface area contributed by atoms with Crippen molar-refractivity contribution >= 4 is 41.4 Å². The predicted octanol–water partition coefficient (Wildman–Crippen LogP) is 2.34. The van der Waals surface area contributed by atoms with E-state index in [1.54, 1.807) is 0 Å². The molecule has 1 aliphatic rings. The molecule has 0 aromatic heterocycles. The van der Waals surface area contributed by atoms with Gasteiger partial charge in [-0.1, -0.05) is 25.2 Å². The zero-order valence-electron chi connectivity index (χ0n) is 16.7. The molecule has 1 aliphatic heterocycles. The Balaban J connectivity index is 2.35. The number of amides is 1. The Morgan fingerprint density at radius 1 is 0.846 bits per heavy atom. The lowest BCUT2D eigenvalue weighted by Gasteiger charge is -2.35. The molecule has 0 fully saturated rings. The third-order valence-electron chi connectivity index (χ3n) is 5.17. The van der Waals surface area contributed by atoms with Crippen LogP contribution in [0, 0.1) is 0 Å². The Kier molecular flexibility index (Phi) is 4.52. The Bertz CT molecular complexity index is 850. The van der Waals surface area contributed by atoms with E-state index in [4.69, 9.17) is 0 Å². The number of nitrogens with zero attached hydrogens (tertiary/aromatic N) is 3. The van der Waals surface area contributed by atoms with Gasteiger partial charge in [-0.3, -0.25) is 4.79 Å². The van der Waals surface area contributed by atoms with Crippen LogP contribution in [0.4, 0.5) is 11.4 Å². The summed E-state index contributed by atoms with van der Waals surface area (Å²) in [4.78, 5) is 20.5. The fourth-order valence-electron chi connectivity index (χ4n) is 3.64. The molecule has 0 N–H and O–H groups in total. The standard InChI is InChI=1S/C21H27N3OSi/c1-14(25)22-21-17-10-8-15(23(2)3)12-19(17)26(6,7)20-13-16(24(4)5)9-11-18(20)21/h8-13H,1-7H3. The fraction of sp³-hybridized carbons (Fsp3) is 0.333. The summed E-state index contributed by atoms with van der Waals surface area (Å²) < 4.78 is 0. The maximum atomic E-state index is 11.9. The van der Waals surface area contributed by atoms with Gasteiger partial charge in [0.1, 0.15) is 8.07 Å². The van der Waals surface area contributed by atoms with E-state index >= 15 is 0 Å². The van der Waals surface area contributed by atoms with Crippen LogP contribution in [0.2, 0.25) is 13.1 Å². The van der Waals surface area contributed by atoms with Gasteiger partial charge < -0.3 is 9.80 Å². The van der Waals surface area contributed by atoms with Crippen LogP contribution in [0.15, 0.2) is 41.4 Å². The van der Waals surface area contributed by atoms with Crippen LogP contribution in [-0.2, 0) is 4.79 Å². The minimum Gasteiger partial charge on any atom is -0.378 e. The number of anilines is 2. The summed E-state index contributed by atoms with van der Waals surface area (Å²) >= 11 is 0. The van der Waals surface area contributed by atoms with Crippen molar-refractivity contribution in [1.82, 2.24) is 0 Å². The smallest absolute Gasteiger partial charge is 0.243 e. The molecule has 1 amide bonds. The van der Waals surface area contributed by atoms with Gasteiger partial charge in [0.2, 0.25) is 5.91 Å². The summed E-state index contributed by atoms with van der Waals surface area (Å²) in [5.74, 6) is -0.161. The molecule has 26 heavy (non-hydrogen) atoms. The number of hydrogen-bond donors (Lipinski definition) is 0. The molecule has 0 aliphatic carbocycles. The maximum absolute atomic E-state index is 11.9. The number of carbonyl (C=O) groups is 1. The maximum Gasteiger partial charge on any atom is 0.243 e. The quantitative estimate of drug-likeness (QED) is 0.767. The molecule has 2 aromatic carbocycles. The molecule has 1 heterocycles. The average Bonchev–Trinajstić information content (AvgIpc) is 2.57. The lowest BCUT2D eigenvalue weighted by Crippen LogP contribution is -2.60. The van der Waals surface area contributed by atoms with Crippen LogP contribution in [-0.4, -0.2) is 47.9 Å². The summed E-state index contributed by atoms with van der Waals surface area (Å²) in [5, 5.41) is 2.68. The minimum atomic E-state index is -1.92. The van der Waals surface area contributed by atoms with E-state index in [0.717, 1.165) is 16.8 Å². The third-order valence-corrected chi connectivity index (χ3v) is 8.69. The molecule has 0 bridgehead atoms. The predicted molar refractivity (Wildman–Crippen MR) is 115 cm³/mol. The van der Waals surface area contributed by atoms with E-state index in [1.165, 1.54) is 28.7 Å². The number of aliphatic imine (C=N–C) groups is 1. The molecular weight excluding hydrogens is 338 g/mol. The van der Waals surface area contributed by atoms with Crippen molar-refractivity contribution in [3.8, 4) is 0 Å². The van der Waals surface area contributed by atoms with Gasteiger partial charge in [-0.15, -0.1) is 0 Å². The molecule has 0 saturated carbocycles. The molecule has 0 saturated heterocycles. The van der Waals surface area contributed by atoms with Crippen molar-refractivity contribution in [2.75, 3.05) is 38.0 Å². The van der Waals surface area contributed by atoms with E-state index in [2.05, 4.69) is 92.5 Å². The molecule has 136 valence electrons. The zero-order chi connectivity index (χ0) is 19.2. The first kappa shape index (κ1) is 18.4.